The molecule has 2 heterocycles. The molecule has 3 nitrogen and oxygen atoms in total. The van der Waals surface area contributed by atoms with Crippen molar-refractivity contribution in [3.63, 3.8) is 0 Å². The Bertz CT molecular complexity index is 2820. The van der Waals surface area contributed by atoms with Crippen molar-refractivity contribution in [1.82, 2.24) is 14.5 Å². The summed E-state index contributed by atoms with van der Waals surface area (Å²) >= 11 is 0. The molecular weight excluding hydrogens is 571 g/mol. The number of nitrogens with zero attached hydrogens (tertiary/aromatic N) is 3. The van der Waals surface area contributed by atoms with Gasteiger partial charge in [0, 0.05) is 11.1 Å². The maximum atomic E-state index is 8.72. The van der Waals surface area contributed by atoms with Crippen LogP contribution in [0.1, 0.15) is 6.85 Å². The largest absolute Gasteiger partial charge is 0.293 e. The summed E-state index contributed by atoms with van der Waals surface area (Å²) in [6.07, 6.45) is 0. The Hall–Kier alpha value is -6.32. The van der Waals surface area contributed by atoms with Crippen molar-refractivity contribution < 1.29 is 6.85 Å². The molecule has 7 aromatic carbocycles. The van der Waals surface area contributed by atoms with Crippen molar-refractivity contribution in [1.29, 1.82) is 0 Å². The van der Waals surface area contributed by atoms with Crippen LogP contribution in [0.3, 0.4) is 0 Å². The van der Waals surface area contributed by atoms with Gasteiger partial charge in [-0.25, -0.2) is 9.97 Å². The lowest BCUT2D eigenvalue weighted by atomic mass is 9.92. The summed E-state index contributed by atoms with van der Waals surface area (Å²) < 4.78 is 43.9. The van der Waals surface area contributed by atoms with Gasteiger partial charge in [0.1, 0.15) is 5.52 Å². The average Bonchev–Trinajstić information content (AvgIpc) is 3.51. The van der Waals surface area contributed by atoms with Crippen molar-refractivity contribution in [2.45, 2.75) is 0 Å². The lowest BCUT2D eigenvalue weighted by molar-refractivity contribution is 1.14. The third-order valence-corrected chi connectivity index (χ3v) is 8.64. The van der Waals surface area contributed by atoms with Crippen molar-refractivity contribution in [2.75, 3.05) is 0 Å². The Morgan fingerprint density at radius 1 is 0.426 bits per heavy atom. The molecule has 0 saturated heterocycles. The molecule has 9 rings (SSSR count). The standard InChI is InChI=1S/C44H29N3/c1-4-13-30(14-5-1)32-17-12-18-33(25-32)36-26-35(31-15-6-2-7-16-31)27-37(28-36)34-23-24-40-41(29-34)45-43-39-21-10-11-22-42(39)47(44(43)46-40)38-19-8-3-9-20-38/h1-29H/i3D,8D,9D,19D,20D. The number of fused-ring (bicyclic) bond motifs is 4. The maximum Gasteiger partial charge on any atom is 0.165 e. The van der Waals surface area contributed by atoms with Crippen molar-refractivity contribution in [3.8, 4) is 50.2 Å². The molecule has 0 N–H and O–H groups in total. The van der Waals surface area contributed by atoms with Gasteiger partial charge < -0.3 is 0 Å². The fourth-order valence-electron chi connectivity index (χ4n) is 6.39. The van der Waals surface area contributed by atoms with Gasteiger partial charge in [-0.2, -0.15) is 0 Å². The van der Waals surface area contributed by atoms with E-state index in [9.17, 15) is 0 Å². The molecule has 0 fully saturated rings. The van der Waals surface area contributed by atoms with E-state index in [0.717, 1.165) is 49.9 Å². The van der Waals surface area contributed by atoms with E-state index in [-0.39, 0.29) is 17.8 Å². The molecule has 2 aromatic heterocycles. The monoisotopic (exact) mass is 604 g/mol. The Balaban J connectivity index is 1.23. The minimum atomic E-state index is -0.438. The van der Waals surface area contributed by atoms with Crippen LogP contribution < -0.4 is 0 Å². The number of rotatable bonds is 5. The van der Waals surface area contributed by atoms with Crippen LogP contribution in [0.2, 0.25) is 0 Å². The minimum Gasteiger partial charge on any atom is -0.293 e. The number of para-hydroxylation sites is 2. The second-order valence-electron chi connectivity index (χ2n) is 11.5. The molecule has 0 spiro atoms. The zero-order valence-corrected chi connectivity index (χ0v) is 25.2. The van der Waals surface area contributed by atoms with Crippen LogP contribution in [0, 0.1) is 0 Å². The van der Waals surface area contributed by atoms with E-state index < -0.39 is 18.1 Å². The third-order valence-electron chi connectivity index (χ3n) is 8.64. The zero-order chi connectivity index (χ0) is 35.5. The van der Waals surface area contributed by atoms with Gasteiger partial charge in [0.25, 0.3) is 0 Å². The molecule has 0 unspecified atom stereocenters. The van der Waals surface area contributed by atoms with Crippen molar-refractivity contribution >= 4 is 33.1 Å². The lowest BCUT2D eigenvalue weighted by Crippen LogP contribution is -1.96. The Morgan fingerprint density at radius 3 is 1.70 bits per heavy atom. The fourth-order valence-corrected chi connectivity index (χ4v) is 6.39. The molecule has 0 radical (unpaired) electrons. The molecule has 9 aromatic rings. The van der Waals surface area contributed by atoms with Gasteiger partial charge in [-0.15, -0.1) is 0 Å². The minimum absolute atomic E-state index is 0.0454. The van der Waals surface area contributed by atoms with E-state index in [1.807, 2.05) is 54.6 Å². The predicted molar refractivity (Wildman–Crippen MR) is 196 cm³/mol. The summed E-state index contributed by atoms with van der Waals surface area (Å²) in [5.41, 5.74) is 11.8. The normalized spacial score (nSPS) is 12.9. The van der Waals surface area contributed by atoms with Crippen LogP contribution in [0.4, 0.5) is 0 Å². The summed E-state index contributed by atoms with van der Waals surface area (Å²) in [6, 6.07) is 47.8. The topological polar surface area (TPSA) is 30.7 Å². The van der Waals surface area contributed by atoms with Gasteiger partial charge in [0.15, 0.2) is 5.65 Å². The summed E-state index contributed by atoms with van der Waals surface area (Å²) in [4.78, 5) is 10.2. The highest BCUT2D eigenvalue weighted by Crippen LogP contribution is 2.36. The molecule has 0 aliphatic carbocycles. The molecule has 0 aliphatic rings. The smallest absolute Gasteiger partial charge is 0.165 e. The number of hydrogen-bond acceptors (Lipinski definition) is 2. The third kappa shape index (κ3) is 4.86. The van der Waals surface area contributed by atoms with Gasteiger partial charge in [0.2, 0.25) is 0 Å². The number of hydrogen-bond donors (Lipinski definition) is 0. The first kappa shape index (κ1) is 22.2. The van der Waals surface area contributed by atoms with E-state index in [4.69, 9.17) is 16.8 Å². The summed E-state index contributed by atoms with van der Waals surface area (Å²) in [5.74, 6) is 0. The predicted octanol–water partition coefficient (Wildman–Crippen LogP) is 11.4. The molecule has 0 saturated carbocycles. The summed E-state index contributed by atoms with van der Waals surface area (Å²) in [6.45, 7) is 0. The quantitative estimate of drug-likeness (QED) is 0.196. The first-order valence-electron chi connectivity index (χ1n) is 18.0. The number of benzene rings is 7. The Kier molecular flexibility index (Phi) is 5.32. The molecule has 0 amide bonds. The molecule has 0 bridgehead atoms. The Morgan fingerprint density at radius 2 is 0.979 bits per heavy atom. The second kappa shape index (κ2) is 11.2. The van der Waals surface area contributed by atoms with Crippen molar-refractivity contribution in [2.24, 2.45) is 0 Å². The van der Waals surface area contributed by atoms with Gasteiger partial charge in [0.05, 0.1) is 23.4 Å². The van der Waals surface area contributed by atoms with Crippen LogP contribution in [0.5, 0.6) is 0 Å². The molecule has 220 valence electrons. The highest BCUT2D eigenvalue weighted by atomic mass is 15.1. The Labute approximate surface area is 280 Å². The molecular formula is C44H29N3. The maximum absolute atomic E-state index is 8.72. The highest BCUT2D eigenvalue weighted by Gasteiger charge is 2.16. The SMILES string of the molecule is [2H]c1c([2H])c([2H])c(-n2c3ccccc3c3nc4cc(-c5cc(-c6ccccc6)cc(-c6cccc(-c7ccccc7)c6)c5)ccc4nc32)c([2H])c1[2H]. The zero-order valence-electron chi connectivity index (χ0n) is 30.2. The van der Waals surface area contributed by atoms with E-state index in [0.29, 0.717) is 27.7 Å². The van der Waals surface area contributed by atoms with Gasteiger partial charge >= 0.3 is 0 Å². The van der Waals surface area contributed by atoms with Gasteiger partial charge in [-0.1, -0.05) is 121 Å². The van der Waals surface area contributed by atoms with E-state index >= 15 is 0 Å². The fraction of sp³-hybridized carbons (Fsp3) is 0. The molecule has 0 aliphatic heterocycles. The van der Waals surface area contributed by atoms with E-state index in [1.165, 1.54) is 0 Å². The summed E-state index contributed by atoms with van der Waals surface area (Å²) in [5, 5.41) is 0.774. The second-order valence-corrected chi connectivity index (χ2v) is 11.5. The average molecular weight is 605 g/mol. The molecule has 47 heavy (non-hydrogen) atoms. The van der Waals surface area contributed by atoms with E-state index in [1.54, 1.807) is 4.57 Å². The number of aromatic nitrogens is 3. The lowest BCUT2D eigenvalue weighted by Gasteiger charge is -2.13. The van der Waals surface area contributed by atoms with Gasteiger partial charge in [-0.3, -0.25) is 4.57 Å². The molecule has 0 atom stereocenters. The first-order valence-corrected chi connectivity index (χ1v) is 15.5. The molecule has 3 heteroatoms. The van der Waals surface area contributed by atoms with Crippen LogP contribution in [0.25, 0.3) is 83.3 Å². The van der Waals surface area contributed by atoms with Gasteiger partial charge in [-0.05, 0) is 99.1 Å². The van der Waals surface area contributed by atoms with Crippen LogP contribution in [-0.2, 0) is 0 Å². The van der Waals surface area contributed by atoms with Crippen LogP contribution >= 0.6 is 0 Å². The van der Waals surface area contributed by atoms with Crippen LogP contribution in [-0.4, -0.2) is 14.5 Å². The first-order chi connectivity index (χ1) is 25.4. The van der Waals surface area contributed by atoms with Crippen molar-refractivity contribution in [3.05, 3.63) is 176 Å². The van der Waals surface area contributed by atoms with E-state index in [2.05, 4.69) is 91.0 Å². The summed E-state index contributed by atoms with van der Waals surface area (Å²) in [7, 11) is 0. The highest BCUT2D eigenvalue weighted by molar-refractivity contribution is 6.07. The van der Waals surface area contributed by atoms with Crippen LogP contribution in [0.15, 0.2) is 176 Å².